The Kier molecular flexibility index (Phi) is 6.37. The van der Waals surface area contributed by atoms with Crippen LogP contribution in [-0.4, -0.2) is 31.6 Å². The summed E-state index contributed by atoms with van der Waals surface area (Å²) in [6.07, 6.45) is 0. The lowest BCUT2D eigenvalue weighted by Gasteiger charge is -2.10. The smallest absolute Gasteiger partial charge is 0.325 e. The molecule has 0 aliphatic rings. The number of benzene rings is 2. The molecule has 0 heterocycles. The molecule has 0 aromatic heterocycles. The van der Waals surface area contributed by atoms with Crippen molar-refractivity contribution in [2.24, 2.45) is 0 Å². The minimum absolute atomic E-state index is 0.133. The number of nitrogens with one attached hydrogen (secondary N) is 1. The van der Waals surface area contributed by atoms with E-state index in [0.29, 0.717) is 5.56 Å². The maximum atomic E-state index is 11.9. The fraction of sp³-hybridized carbons (Fsp3) is 0.263. The molecule has 126 valence electrons. The van der Waals surface area contributed by atoms with Crippen molar-refractivity contribution in [2.45, 2.75) is 13.8 Å². The largest absolute Gasteiger partial charge is 0.490 e. The molecule has 0 saturated carbocycles. The number of ether oxygens (including phenoxy) is 2. The van der Waals surface area contributed by atoms with Gasteiger partial charge in [0.25, 0.3) is 5.91 Å². The third kappa shape index (κ3) is 5.43. The van der Waals surface area contributed by atoms with Crippen molar-refractivity contribution in [2.75, 3.05) is 19.8 Å². The van der Waals surface area contributed by atoms with Gasteiger partial charge in [-0.2, -0.15) is 0 Å². The topological polar surface area (TPSA) is 64.6 Å². The zero-order chi connectivity index (χ0) is 17.4. The molecule has 2 aromatic carbocycles. The first-order valence-electron chi connectivity index (χ1n) is 7.75. The Hall–Kier alpha value is -2.82. The predicted molar refractivity (Wildman–Crippen MR) is 91.1 cm³/mol. The normalized spacial score (nSPS) is 10.1. The molecule has 2 rings (SSSR count). The molecular formula is C19H21NO4. The number of hydrogen-bond donors (Lipinski definition) is 1. The molecule has 0 radical (unpaired) electrons. The van der Waals surface area contributed by atoms with Crippen molar-refractivity contribution in [3.63, 3.8) is 0 Å². The number of esters is 1. The Morgan fingerprint density at radius 2 is 1.67 bits per heavy atom. The van der Waals surface area contributed by atoms with E-state index >= 15 is 0 Å². The number of hydrogen-bond acceptors (Lipinski definition) is 4. The van der Waals surface area contributed by atoms with Gasteiger partial charge >= 0.3 is 5.97 Å². The molecule has 0 spiro atoms. The van der Waals surface area contributed by atoms with Crippen molar-refractivity contribution in [3.05, 3.63) is 65.2 Å². The summed E-state index contributed by atoms with van der Waals surface area (Å²) in [5, 5.41) is 2.53. The second-order valence-corrected chi connectivity index (χ2v) is 5.38. The van der Waals surface area contributed by atoms with Crippen molar-refractivity contribution in [3.8, 4) is 5.75 Å². The van der Waals surface area contributed by atoms with Crippen LogP contribution in [0.3, 0.4) is 0 Å². The van der Waals surface area contributed by atoms with E-state index in [-0.39, 0.29) is 25.7 Å². The zero-order valence-corrected chi connectivity index (χ0v) is 13.9. The fourth-order valence-electron chi connectivity index (χ4n) is 2.04. The van der Waals surface area contributed by atoms with Gasteiger partial charge in [-0.1, -0.05) is 35.9 Å². The molecule has 0 unspecified atom stereocenters. The molecular weight excluding hydrogens is 306 g/mol. The Balaban J connectivity index is 1.65. The molecule has 0 saturated heterocycles. The summed E-state index contributed by atoms with van der Waals surface area (Å²) < 4.78 is 10.6. The van der Waals surface area contributed by atoms with Gasteiger partial charge in [0.15, 0.2) is 0 Å². The second kappa shape index (κ2) is 8.72. The quantitative estimate of drug-likeness (QED) is 0.627. The second-order valence-electron chi connectivity index (χ2n) is 5.38. The van der Waals surface area contributed by atoms with Crippen molar-refractivity contribution in [1.82, 2.24) is 5.32 Å². The van der Waals surface area contributed by atoms with Gasteiger partial charge in [0.2, 0.25) is 0 Å². The monoisotopic (exact) mass is 327 g/mol. The van der Waals surface area contributed by atoms with E-state index in [4.69, 9.17) is 9.47 Å². The first-order chi connectivity index (χ1) is 11.6. The third-order valence-corrected chi connectivity index (χ3v) is 3.40. The summed E-state index contributed by atoms with van der Waals surface area (Å²) in [5.74, 6) is -0.0341. The summed E-state index contributed by atoms with van der Waals surface area (Å²) in [7, 11) is 0. The average Bonchev–Trinajstić information content (AvgIpc) is 2.58. The highest BCUT2D eigenvalue weighted by Gasteiger charge is 2.08. The van der Waals surface area contributed by atoms with Gasteiger partial charge in [0.05, 0.1) is 0 Å². The minimum Gasteiger partial charge on any atom is -0.490 e. The molecule has 24 heavy (non-hydrogen) atoms. The average molecular weight is 327 g/mol. The van der Waals surface area contributed by atoms with Gasteiger partial charge in [-0.3, -0.25) is 9.59 Å². The van der Waals surface area contributed by atoms with Crippen LogP contribution in [0.4, 0.5) is 0 Å². The van der Waals surface area contributed by atoms with E-state index < -0.39 is 5.97 Å². The maximum Gasteiger partial charge on any atom is 0.325 e. The van der Waals surface area contributed by atoms with Crippen molar-refractivity contribution < 1.29 is 19.1 Å². The van der Waals surface area contributed by atoms with Crippen LogP contribution in [0.5, 0.6) is 5.75 Å². The molecule has 0 aliphatic heterocycles. The first-order valence-corrected chi connectivity index (χ1v) is 7.75. The Morgan fingerprint density at radius 3 is 2.38 bits per heavy atom. The summed E-state index contributed by atoms with van der Waals surface area (Å²) >= 11 is 0. The molecule has 5 nitrogen and oxygen atoms in total. The third-order valence-electron chi connectivity index (χ3n) is 3.40. The first kappa shape index (κ1) is 17.5. The van der Waals surface area contributed by atoms with Crippen LogP contribution in [0, 0.1) is 13.8 Å². The van der Waals surface area contributed by atoms with Gasteiger partial charge in [-0.25, -0.2) is 0 Å². The van der Waals surface area contributed by atoms with E-state index in [9.17, 15) is 9.59 Å². The van der Waals surface area contributed by atoms with Gasteiger partial charge in [0.1, 0.15) is 25.5 Å². The molecule has 2 aromatic rings. The molecule has 0 bridgehead atoms. The number of amides is 1. The standard InChI is InChI=1S/C19H21NO4/c1-14-7-9-16(10-8-14)19(22)20-13-18(21)24-12-11-23-17-6-4-3-5-15(17)2/h3-10H,11-13H2,1-2H3,(H,20,22). The fourth-order valence-corrected chi connectivity index (χ4v) is 2.04. The van der Waals surface area contributed by atoms with Crippen LogP contribution in [0.1, 0.15) is 21.5 Å². The number of aryl methyl sites for hydroxylation is 2. The Bertz CT molecular complexity index is 695. The number of para-hydroxylation sites is 1. The van der Waals surface area contributed by atoms with Gasteiger partial charge < -0.3 is 14.8 Å². The van der Waals surface area contributed by atoms with E-state index in [1.165, 1.54) is 0 Å². The van der Waals surface area contributed by atoms with Crippen LogP contribution in [0.25, 0.3) is 0 Å². The Morgan fingerprint density at radius 1 is 0.958 bits per heavy atom. The highest BCUT2D eigenvalue weighted by atomic mass is 16.6. The van der Waals surface area contributed by atoms with Crippen molar-refractivity contribution in [1.29, 1.82) is 0 Å². The van der Waals surface area contributed by atoms with Crippen LogP contribution in [0.15, 0.2) is 48.5 Å². The molecule has 0 fully saturated rings. The van der Waals surface area contributed by atoms with Gasteiger partial charge in [0, 0.05) is 5.56 Å². The highest BCUT2D eigenvalue weighted by Crippen LogP contribution is 2.15. The molecule has 0 aliphatic carbocycles. The number of carbonyl (C=O) groups is 2. The zero-order valence-electron chi connectivity index (χ0n) is 13.9. The minimum atomic E-state index is -0.496. The lowest BCUT2D eigenvalue weighted by atomic mass is 10.1. The Labute approximate surface area is 141 Å². The van der Waals surface area contributed by atoms with Crippen LogP contribution < -0.4 is 10.1 Å². The number of rotatable bonds is 7. The van der Waals surface area contributed by atoms with E-state index in [1.807, 2.05) is 50.2 Å². The molecule has 1 N–H and O–H groups in total. The van der Waals surface area contributed by atoms with Crippen LogP contribution >= 0.6 is 0 Å². The highest BCUT2D eigenvalue weighted by molar-refractivity contribution is 5.95. The van der Waals surface area contributed by atoms with E-state index in [2.05, 4.69) is 5.32 Å². The van der Waals surface area contributed by atoms with E-state index in [0.717, 1.165) is 16.9 Å². The summed E-state index contributed by atoms with van der Waals surface area (Å²) in [6.45, 7) is 4.12. The molecule has 0 atom stereocenters. The summed E-state index contributed by atoms with van der Waals surface area (Å²) in [5.41, 5.74) is 2.60. The summed E-state index contributed by atoms with van der Waals surface area (Å²) in [6, 6.07) is 14.7. The van der Waals surface area contributed by atoms with Crippen LogP contribution in [-0.2, 0) is 9.53 Å². The van der Waals surface area contributed by atoms with Crippen LogP contribution in [0.2, 0.25) is 0 Å². The predicted octanol–water partition coefficient (Wildman–Crippen LogP) is 2.66. The maximum absolute atomic E-state index is 11.9. The van der Waals surface area contributed by atoms with Gasteiger partial charge in [-0.15, -0.1) is 0 Å². The molecule has 1 amide bonds. The molecule has 5 heteroatoms. The van der Waals surface area contributed by atoms with E-state index in [1.54, 1.807) is 12.1 Å². The lowest BCUT2D eigenvalue weighted by Crippen LogP contribution is -2.31. The van der Waals surface area contributed by atoms with Crippen molar-refractivity contribution >= 4 is 11.9 Å². The lowest BCUT2D eigenvalue weighted by molar-refractivity contribution is -0.143. The van der Waals surface area contributed by atoms with Gasteiger partial charge in [-0.05, 0) is 37.6 Å². The summed E-state index contributed by atoms with van der Waals surface area (Å²) in [4.78, 5) is 23.5. The SMILES string of the molecule is Cc1ccc(C(=O)NCC(=O)OCCOc2ccccc2C)cc1. The number of carbonyl (C=O) groups excluding carboxylic acids is 2.